The van der Waals surface area contributed by atoms with E-state index in [1.54, 1.807) is 0 Å². The Labute approximate surface area is 307 Å². The van der Waals surface area contributed by atoms with Crippen molar-refractivity contribution in [3.05, 3.63) is 0 Å². The topological polar surface area (TPSA) is 74.6 Å². The third-order valence-corrected chi connectivity index (χ3v) is 11.8. The van der Waals surface area contributed by atoms with Crippen LogP contribution in [0, 0.1) is 10.8 Å². The summed E-state index contributed by atoms with van der Waals surface area (Å²) in [7, 11) is 0. The maximum absolute atomic E-state index is 12.6. The van der Waals surface area contributed by atoms with Gasteiger partial charge in [-0.15, -0.1) is 0 Å². The Kier molecular flexibility index (Phi) is 33.3. The van der Waals surface area contributed by atoms with Gasteiger partial charge in [0.25, 0.3) is 0 Å². The number of unbranched alkanes of at least 4 members (excludes halogenated alkanes) is 26. The average molecular weight is 693 g/mol. The lowest BCUT2D eigenvalue weighted by Crippen LogP contribution is -2.31. The van der Waals surface area contributed by atoms with Crippen LogP contribution in [0.15, 0.2) is 0 Å². The number of hydrogen-bond acceptors (Lipinski definition) is 2. The van der Waals surface area contributed by atoms with Gasteiger partial charge in [0.15, 0.2) is 0 Å². The molecule has 0 aliphatic carbocycles. The Balaban J connectivity index is 4.41. The lowest BCUT2D eigenvalue weighted by Gasteiger charge is -2.30. The van der Waals surface area contributed by atoms with Crippen LogP contribution < -0.4 is 0 Å². The lowest BCUT2D eigenvalue weighted by atomic mass is 9.74. The van der Waals surface area contributed by atoms with E-state index in [0.717, 1.165) is 77.0 Å². The Morgan fingerprint density at radius 1 is 0.286 bits per heavy atom. The molecule has 0 saturated carbocycles. The molecule has 4 nitrogen and oxygen atoms in total. The van der Waals surface area contributed by atoms with E-state index in [0.29, 0.717) is 0 Å². The molecule has 0 aromatic carbocycles. The highest BCUT2D eigenvalue weighted by atomic mass is 16.4. The predicted octanol–water partition coefficient (Wildman–Crippen LogP) is 15.6. The van der Waals surface area contributed by atoms with Crippen LogP contribution in [-0.2, 0) is 9.59 Å². The molecule has 2 N–H and O–H groups in total. The second-order valence-electron chi connectivity index (χ2n) is 16.2. The maximum Gasteiger partial charge on any atom is 0.309 e. The zero-order valence-electron chi connectivity index (χ0n) is 33.9. The molecular formula is C45H88O4. The molecule has 0 amide bonds. The fourth-order valence-electron chi connectivity index (χ4n) is 8.18. The second-order valence-corrected chi connectivity index (χ2v) is 16.2. The number of rotatable bonds is 40. The quantitative estimate of drug-likeness (QED) is 0.0627. The minimum absolute atomic E-state index is 0.494. The lowest BCUT2D eigenvalue weighted by molar-refractivity contribution is -0.151. The zero-order valence-corrected chi connectivity index (χ0v) is 33.9. The number of carboxylic acids is 2. The van der Waals surface area contributed by atoms with Crippen molar-refractivity contribution < 1.29 is 19.8 Å². The highest BCUT2D eigenvalue weighted by molar-refractivity contribution is 5.75. The van der Waals surface area contributed by atoms with E-state index in [1.807, 2.05) is 0 Å². The van der Waals surface area contributed by atoms with Gasteiger partial charge >= 0.3 is 11.9 Å². The fourth-order valence-corrected chi connectivity index (χ4v) is 8.18. The first kappa shape index (κ1) is 47.9. The standard InChI is InChI=1S/C45H88O4/c1-5-9-13-24-30-36-44(42(46)47,37-31-25-14-10-6-2)40-34-28-22-20-18-17-19-21-23-29-35-41-45(43(48)49,38-32-26-15-11-7-3)39-33-27-16-12-8-4/h5-41H2,1-4H3,(H,46,47)(H,48,49). The average Bonchev–Trinajstić information content (AvgIpc) is 3.08. The number of carbonyl (C=O) groups is 2. The van der Waals surface area contributed by atoms with Gasteiger partial charge < -0.3 is 10.2 Å². The van der Waals surface area contributed by atoms with Gasteiger partial charge in [-0.05, 0) is 38.5 Å². The largest absolute Gasteiger partial charge is 0.481 e. The van der Waals surface area contributed by atoms with Crippen LogP contribution in [0.5, 0.6) is 0 Å². The maximum atomic E-state index is 12.6. The zero-order chi connectivity index (χ0) is 36.3. The first-order valence-electron chi connectivity index (χ1n) is 22.3. The van der Waals surface area contributed by atoms with Crippen LogP contribution in [0.2, 0.25) is 0 Å². The van der Waals surface area contributed by atoms with E-state index in [9.17, 15) is 19.8 Å². The van der Waals surface area contributed by atoms with Crippen LogP contribution in [-0.4, -0.2) is 22.2 Å². The molecule has 0 bridgehead atoms. The third kappa shape index (κ3) is 25.5. The van der Waals surface area contributed by atoms with Crippen molar-refractivity contribution in [2.45, 2.75) is 265 Å². The third-order valence-electron chi connectivity index (χ3n) is 11.8. The minimum Gasteiger partial charge on any atom is -0.481 e. The Bertz CT molecular complexity index is 644. The molecular weight excluding hydrogens is 604 g/mol. The van der Waals surface area contributed by atoms with E-state index >= 15 is 0 Å². The SMILES string of the molecule is CCCCCCCC(CCCCCCC)(CCCCCCCCCCCCCC(CCCCCCC)(CCCCCCC)C(=O)O)C(=O)O. The number of carboxylic acid groups (broad SMARTS) is 2. The summed E-state index contributed by atoms with van der Waals surface area (Å²) in [6, 6.07) is 0. The Morgan fingerprint density at radius 2 is 0.429 bits per heavy atom. The molecule has 0 aliphatic heterocycles. The van der Waals surface area contributed by atoms with Gasteiger partial charge in [0.2, 0.25) is 0 Å². The molecule has 49 heavy (non-hydrogen) atoms. The molecule has 0 saturated heterocycles. The molecule has 0 aromatic heterocycles. The second kappa shape index (κ2) is 34.0. The van der Waals surface area contributed by atoms with Crippen molar-refractivity contribution in [2.75, 3.05) is 0 Å². The highest BCUT2D eigenvalue weighted by Gasteiger charge is 2.37. The first-order chi connectivity index (χ1) is 23.8. The smallest absolute Gasteiger partial charge is 0.309 e. The van der Waals surface area contributed by atoms with Crippen molar-refractivity contribution in [3.63, 3.8) is 0 Å². The molecule has 0 aliphatic rings. The molecule has 0 radical (unpaired) electrons. The van der Waals surface area contributed by atoms with E-state index in [1.165, 1.54) is 161 Å². The highest BCUT2D eigenvalue weighted by Crippen LogP contribution is 2.39. The van der Waals surface area contributed by atoms with Gasteiger partial charge in [-0.25, -0.2) is 0 Å². The normalized spacial score (nSPS) is 12.2. The molecule has 0 heterocycles. The number of hydrogen-bond donors (Lipinski definition) is 2. The van der Waals surface area contributed by atoms with Crippen molar-refractivity contribution in [1.82, 2.24) is 0 Å². The number of aliphatic carboxylic acids is 2. The predicted molar refractivity (Wildman–Crippen MR) is 214 cm³/mol. The molecule has 292 valence electrons. The summed E-state index contributed by atoms with van der Waals surface area (Å²) in [5, 5.41) is 20.7. The van der Waals surface area contributed by atoms with Crippen LogP contribution in [0.3, 0.4) is 0 Å². The molecule has 0 rings (SSSR count). The Hall–Kier alpha value is -1.06. The van der Waals surface area contributed by atoms with Crippen molar-refractivity contribution in [3.8, 4) is 0 Å². The van der Waals surface area contributed by atoms with Crippen LogP contribution in [0.4, 0.5) is 0 Å². The van der Waals surface area contributed by atoms with Gasteiger partial charge in [-0.2, -0.15) is 0 Å². The van der Waals surface area contributed by atoms with Crippen LogP contribution in [0.25, 0.3) is 0 Å². The van der Waals surface area contributed by atoms with E-state index < -0.39 is 22.8 Å². The van der Waals surface area contributed by atoms with E-state index in [-0.39, 0.29) is 0 Å². The molecule has 0 unspecified atom stereocenters. The van der Waals surface area contributed by atoms with Crippen molar-refractivity contribution in [2.24, 2.45) is 10.8 Å². The van der Waals surface area contributed by atoms with Gasteiger partial charge in [0.05, 0.1) is 10.8 Å². The fraction of sp³-hybridized carbons (Fsp3) is 0.956. The summed E-state index contributed by atoms with van der Waals surface area (Å²) < 4.78 is 0. The minimum atomic E-state index is -0.531. The van der Waals surface area contributed by atoms with Crippen LogP contribution in [0.1, 0.15) is 265 Å². The van der Waals surface area contributed by atoms with E-state index in [4.69, 9.17) is 0 Å². The van der Waals surface area contributed by atoms with Crippen molar-refractivity contribution >= 4 is 11.9 Å². The molecule has 0 aromatic rings. The molecule has 0 fully saturated rings. The summed E-state index contributed by atoms with van der Waals surface area (Å²) in [5.74, 6) is -1.06. The van der Waals surface area contributed by atoms with Gasteiger partial charge in [-0.3, -0.25) is 9.59 Å². The summed E-state index contributed by atoms with van der Waals surface area (Å²) in [6.07, 6.45) is 42.5. The van der Waals surface area contributed by atoms with Gasteiger partial charge in [0.1, 0.15) is 0 Å². The van der Waals surface area contributed by atoms with Crippen molar-refractivity contribution in [1.29, 1.82) is 0 Å². The molecule has 0 atom stereocenters. The van der Waals surface area contributed by atoms with Crippen LogP contribution >= 0.6 is 0 Å². The van der Waals surface area contributed by atoms with Gasteiger partial charge in [-0.1, -0.05) is 227 Å². The van der Waals surface area contributed by atoms with E-state index in [2.05, 4.69) is 27.7 Å². The Morgan fingerprint density at radius 3 is 0.571 bits per heavy atom. The monoisotopic (exact) mass is 693 g/mol. The van der Waals surface area contributed by atoms with Gasteiger partial charge in [0, 0.05) is 0 Å². The summed E-state index contributed by atoms with van der Waals surface area (Å²) in [6.45, 7) is 8.95. The molecule has 4 heteroatoms. The summed E-state index contributed by atoms with van der Waals surface area (Å²) >= 11 is 0. The summed E-state index contributed by atoms with van der Waals surface area (Å²) in [4.78, 5) is 25.2. The summed E-state index contributed by atoms with van der Waals surface area (Å²) in [5.41, 5.74) is -0.988. The first-order valence-corrected chi connectivity index (χ1v) is 22.3. The molecule has 0 spiro atoms.